The van der Waals surface area contributed by atoms with Crippen molar-refractivity contribution in [3.8, 4) is 5.75 Å². The second-order valence-electron chi connectivity index (χ2n) is 5.51. The van der Waals surface area contributed by atoms with E-state index in [1.807, 2.05) is 0 Å². The van der Waals surface area contributed by atoms with Crippen LogP contribution in [0.3, 0.4) is 0 Å². The highest BCUT2D eigenvalue weighted by Crippen LogP contribution is 2.19. The molecule has 0 radical (unpaired) electrons. The van der Waals surface area contributed by atoms with Crippen molar-refractivity contribution in [2.45, 2.75) is 31.7 Å². The predicted octanol–water partition coefficient (Wildman–Crippen LogP) is 1.75. The van der Waals surface area contributed by atoms with E-state index in [1.54, 1.807) is 4.90 Å². The summed E-state index contributed by atoms with van der Waals surface area (Å²) in [5.74, 6) is -0.815. The van der Waals surface area contributed by atoms with E-state index in [2.05, 4.69) is 0 Å². The van der Waals surface area contributed by atoms with Gasteiger partial charge in [-0.3, -0.25) is 9.59 Å². The summed E-state index contributed by atoms with van der Waals surface area (Å²) in [6.45, 7) is 1.24. The quantitative estimate of drug-likeness (QED) is 0.841. The fourth-order valence-corrected chi connectivity index (χ4v) is 2.60. The number of hydrogen-bond acceptors (Lipinski definition) is 4. The zero-order valence-electron chi connectivity index (χ0n) is 12.7. The van der Waals surface area contributed by atoms with Crippen LogP contribution in [0.4, 0.5) is 4.39 Å². The molecule has 1 saturated heterocycles. The minimum atomic E-state index is -0.582. The van der Waals surface area contributed by atoms with Crippen molar-refractivity contribution in [2.75, 3.05) is 20.2 Å². The molecule has 2 rings (SSSR count). The Hall–Kier alpha value is -1.95. The van der Waals surface area contributed by atoms with Crippen molar-refractivity contribution in [1.29, 1.82) is 0 Å². The van der Waals surface area contributed by atoms with Crippen LogP contribution in [0.1, 0.15) is 36.0 Å². The van der Waals surface area contributed by atoms with Gasteiger partial charge in [0, 0.05) is 37.5 Å². The maximum atomic E-state index is 13.6. The van der Waals surface area contributed by atoms with Gasteiger partial charge in [-0.2, -0.15) is 0 Å². The van der Waals surface area contributed by atoms with Crippen LogP contribution in [-0.2, 0) is 4.79 Å². The van der Waals surface area contributed by atoms with E-state index in [4.69, 9.17) is 10.5 Å². The Morgan fingerprint density at radius 2 is 2.18 bits per heavy atom. The number of carbonyl (C=O) groups is 2. The Balaban J connectivity index is 1.89. The molecule has 0 aromatic heterocycles. The molecule has 0 spiro atoms. The Labute approximate surface area is 129 Å². The van der Waals surface area contributed by atoms with E-state index < -0.39 is 5.82 Å². The van der Waals surface area contributed by atoms with Gasteiger partial charge in [-0.15, -0.1) is 0 Å². The number of carbonyl (C=O) groups excluding carboxylic acids is 2. The molecule has 6 heteroatoms. The van der Waals surface area contributed by atoms with Gasteiger partial charge in [-0.1, -0.05) is 0 Å². The van der Waals surface area contributed by atoms with Gasteiger partial charge in [0.25, 0.3) is 0 Å². The van der Waals surface area contributed by atoms with Gasteiger partial charge in [-0.25, -0.2) is 4.39 Å². The number of halogens is 1. The van der Waals surface area contributed by atoms with Crippen LogP contribution in [0, 0.1) is 5.82 Å². The number of piperidine rings is 1. The molecule has 2 N–H and O–H groups in total. The van der Waals surface area contributed by atoms with Crippen LogP contribution in [0.2, 0.25) is 0 Å². The van der Waals surface area contributed by atoms with E-state index in [-0.39, 0.29) is 41.9 Å². The molecule has 1 atom stereocenters. The summed E-state index contributed by atoms with van der Waals surface area (Å²) in [6.07, 6.45) is 2.01. The minimum absolute atomic E-state index is 0.0177. The molecule has 1 aliphatic rings. The molecule has 0 aliphatic carbocycles. The third-order valence-corrected chi connectivity index (χ3v) is 3.85. The molecule has 1 aromatic carbocycles. The third-order valence-electron chi connectivity index (χ3n) is 3.85. The first-order valence-corrected chi connectivity index (χ1v) is 7.41. The van der Waals surface area contributed by atoms with Gasteiger partial charge < -0.3 is 15.4 Å². The SMILES string of the molecule is COc1ccc(C(=O)CCC(=O)N2CCCC(N)C2)cc1F. The average Bonchev–Trinajstić information content (AvgIpc) is 2.52. The Morgan fingerprint density at radius 3 is 2.82 bits per heavy atom. The number of ketones is 1. The highest BCUT2D eigenvalue weighted by Gasteiger charge is 2.21. The monoisotopic (exact) mass is 308 g/mol. The number of hydrogen-bond donors (Lipinski definition) is 1. The number of nitrogens with zero attached hydrogens (tertiary/aromatic N) is 1. The van der Waals surface area contributed by atoms with Gasteiger partial charge in [-0.05, 0) is 31.0 Å². The average molecular weight is 308 g/mol. The third kappa shape index (κ3) is 4.04. The van der Waals surface area contributed by atoms with Crippen molar-refractivity contribution in [3.05, 3.63) is 29.6 Å². The first kappa shape index (κ1) is 16.4. The van der Waals surface area contributed by atoms with E-state index in [0.717, 1.165) is 18.9 Å². The van der Waals surface area contributed by atoms with Gasteiger partial charge >= 0.3 is 0 Å². The highest BCUT2D eigenvalue weighted by atomic mass is 19.1. The Kier molecular flexibility index (Phi) is 5.49. The van der Waals surface area contributed by atoms with E-state index in [9.17, 15) is 14.0 Å². The molecule has 1 aromatic rings. The molecule has 1 unspecified atom stereocenters. The van der Waals surface area contributed by atoms with Crippen molar-refractivity contribution in [1.82, 2.24) is 4.90 Å². The normalized spacial score (nSPS) is 18.1. The first-order chi connectivity index (χ1) is 10.5. The van der Waals surface area contributed by atoms with Crippen molar-refractivity contribution in [3.63, 3.8) is 0 Å². The molecule has 1 aliphatic heterocycles. The smallest absolute Gasteiger partial charge is 0.223 e. The molecule has 5 nitrogen and oxygen atoms in total. The molecule has 1 amide bonds. The summed E-state index contributed by atoms with van der Waals surface area (Å²) < 4.78 is 18.4. The second-order valence-corrected chi connectivity index (χ2v) is 5.51. The first-order valence-electron chi connectivity index (χ1n) is 7.41. The number of methoxy groups -OCH3 is 1. The lowest BCUT2D eigenvalue weighted by Gasteiger charge is -2.30. The summed E-state index contributed by atoms with van der Waals surface area (Å²) in [4.78, 5) is 25.8. The zero-order valence-corrected chi connectivity index (χ0v) is 12.7. The van der Waals surface area contributed by atoms with Crippen LogP contribution in [-0.4, -0.2) is 42.8 Å². The number of rotatable bonds is 5. The molecule has 1 fully saturated rings. The zero-order chi connectivity index (χ0) is 16.1. The van der Waals surface area contributed by atoms with Crippen LogP contribution < -0.4 is 10.5 Å². The summed E-state index contributed by atoms with van der Waals surface area (Å²) in [7, 11) is 1.36. The maximum Gasteiger partial charge on any atom is 0.223 e. The summed E-state index contributed by atoms with van der Waals surface area (Å²) >= 11 is 0. The van der Waals surface area contributed by atoms with Crippen LogP contribution in [0.5, 0.6) is 5.75 Å². The van der Waals surface area contributed by atoms with Crippen LogP contribution in [0.25, 0.3) is 0 Å². The number of nitrogens with two attached hydrogens (primary N) is 1. The lowest BCUT2D eigenvalue weighted by atomic mass is 10.0. The van der Waals surface area contributed by atoms with E-state index in [0.29, 0.717) is 13.1 Å². The fourth-order valence-electron chi connectivity index (χ4n) is 2.60. The largest absolute Gasteiger partial charge is 0.494 e. The number of likely N-dealkylation sites (tertiary alicyclic amines) is 1. The standard InChI is InChI=1S/C16H21FN2O3/c1-22-15-6-4-11(9-13(15)17)14(20)5-7-16(21)19-8-2-3-12(18)10-19/h4,6,9,12H,2-3,5,7-8,10,18H2,1H3. The number of ether oxygens (including phenoxy) is 1. The van der Waals surface area contributed by atoms with E-state index >= 15 is 0 Å². The lowest BCUT2D eigenvalue weighted by molar-refractivity contribution is -0.132. The summed E-state index contributed by atoms with van der Waals surface area (Å²) in [5, 5.41) is 0. The summed E-state index contributed by atoms with van der Waals surface area (Å²) in [5.41, 5.74) is 6.09. The number of Topliss-reactive ketones (excluding diaryl/α,β-unsaturated/α-hetero) is 1. The topological polar surface area (TPSA) is 72.6 Å². The molecular weight excluding hydrogens is 287 g/mol. The van der Waals surface area contributed by atoms with Gasteiger partial charge in [0.05, 0.1) is 7.11 Å². The predicted molar refractivity (Wildman–Crippen MR) is 80.3 cm³/mol. The molecule has 120 valence electrons. The van der Waals surface area contributed by atoms with Gasteiger partial charge in [0.1, 0.15) is 0 Å². The second kappa shape index (κ2) is 7.35. The molecule has 0 saturated carbocycles. The van der Waals surface area contributed by atoms with Crippen molar-refractivity contribution < 1.29 is 18.7 Å². The Morgan fingerprint density at radius 1 is 1.41 bits per heavy atom. The molecule has 1 heterocycles. The van der Waals surface area contributed by atoms with Crippen molar-refractivity contribution >= 4 is 11.7 Å². The van der Waals surface area contributed by atoms with Crippen molar-refractivity contribution in [2.24, 2.45) is 5.73 Å². The molecule has 22 heavy (non-hydrogen) atoms. The van der Waals surface area contributed by atoms with Gasteiger partial charge in [0.2, 0.25) is 5.91 Å². The Bertz CT molecular complexity index is 562. The van der Waals surface area contributed by atoms with Crippen LogP contribution in [0.15, 0.2) is 18.2 Å². The van der Waals surface area contributed by atoms with Crippen LogP contribution >= 0.6 is 0 Å². The maximum absolute atomic E-state index is 13.6. The summed E-state index contributed by atoms with van der Waals surface area (Å²) in [6, 6.07) is 4.08. The van der Waals surface area contributed by atoms with Gasteiger partial charge in [0.15, 0.2) is 17.3 Å². The number of benzene rings is 1. The fraction of sp³-hybridized carbons (Fsp3) is 0.500. The number of amides is 1. The minimum Gasteiger partial charge on any atom is -0.494 e. The lowest BCUT2D eigenvalue weighted by Crippen LogP contribution is -2.45. The molecule has 0 bridgehead atoms. The highest BCUT2D eigenvalue weighted by molar-refractivity contribution is 5.98. The van der Waals surface area contributed by atoms with E-state index in [1.165, 1.54) is 19.2 Å². The molecular formula is C16H21FN2O3.